The lowest BCUT2D eigenvalue weighted by atomic mass is 10.1. The van der Waals surface area contributed by atoms with Gasteiger partial charge in [-0.15, -0.1) is 0 Å². The van der Waals surface area contributed by atoms with Crippen molar-refractivity contribution in [3.8, 4) is 0 Å². The van der Waals surface area contributed by atoms with Gasteiger partial charge in [-0.05, 0) is 32.4 Å². The highest BCUT2D eigenvalue weighted by Gasteiger charge is 2.38. The third kappa shape index (κ3) is 5.07. The van der Waals surface area contributed by atoms with Crippen molar-refractivity contribution < 1.29 is 4.21 Å². The molecule has 0 aliphatic heterocycles. The number of hydrogen-bond acceptors (Lipinski definition) is 1. The molecule has 0 aliphatic carbocycles. The first-order valence-corrected chi connectivity index (χ1v) is 8.19. The minimum atomic E-state index is -1.66. The van der Waals surface area contributed by atoms with Crippen molar-refractivity contribution in [1.82, 2.24) is 4.72 Å². The second kappa shape index (κ2) is 6.50. The third-order valence-electron chi connectivity index (χ3n) is 2.32. The Balaban J connectivity index is 3.12. The highest BCUT2D eigenvalue weighted by Crippen LogP contribution is 2.42. The highest BCUT2D eigenvalue weighted by molar-refractivity contribution is 7.84. The zero-order valence-corrected chi connectivity index (χ0v) is 14.6. The second-order valence-electron chi connectivity index (χ2n) is 5.00. The van der Waals surface area contributed by atoms with Gasteiger partial charge in [0.1, 0.15) is 0 Å². The Hall–Kier alpha value is 0.490. The Morgan fingerprint density at radius 2 is 1.68 bits per heavy atom. The zero-order chi connectivity index (χ0) is 14.8. The molecular weight excluding hydrogens is 348 g/mol. The molecular formula is C12H15Cl4NOS. The number of alkyl halides is 3. The van der Waals surface area contributed by atoms with Gasteiger partial charge in [0.15, 0.2) is 0 Å². The standard InChI is InChI=1S/C12H15Cl4NOS/c1-11(2,3)19(18)17-10(12(14,15)16)8-6-4-5-7-9(8)13/h4-7,10,17H,1-3H3/t10-,19+/m0/s1. The average molecular weight is 363 g/mol. The van der Waals surface area contributed by atoms with Gasteiger partial charge in [0.2, 0.25) is 3.79 Å². The van der Waals surface area contributed by atoms with Crippen LogP contribution in [0.3, 0.4) is 0 Å². The normalized spacial score (nSPS) is 16.2. The molecule has 19 heavy (non-hydrogen) atoms. The molecule has 0 aliphatic rings. The van der Waals surface area contributed by atoms with Crippen LogP contribution in [0.5, 0.6) is 0 Å². The van der Waals surface area contributed by atoms with Crippen molar-refractivity contribution in [3.63, 3.8) is 0 Å². The van der Waals surface area contributed by atoms with Crippen LogP contribution in [0.4, 0.5) is 0 Å². The molecule has 108 valence electrons. The smallest absolute Gasteiger partial charge is 0.210 e. The molecule has 1 aromatic rings. The fourth-order valence-electron chi connectivity index (χ4n) is 1.30. The van der Waals surface area contributed by atoms with Gasteiger partial charge < -0.3 is 0 Å². The van der Waals surface area contributed by atoms with E-state index in [1.165, 1.54) is 0 Å². The average Bonchev–Trinajstić information content (AvgIpc) is 2.24. The molecule has 2 atom stereocenters. The lowest BCUT2D eigenvalue weighted by Crippen LogP contribution is -2.40. The Morgan fingerprint density at radius 1 is 1.16 bits per heavy atom. The van der Waals surface area contributed by atoms with Crippen LogP contribution in [0.15, 0.2) is 24.3 Å². The maximum absolute atomic E-state index is 12.2. The maximum atomic E-state index is 12.2. The molecule has 0 spiro atoms. The number of halogens is 4. The molecule has 0 radical (unpaired) electrons. The van der Waals surface area contributed by atoms with E-state index >= 15 is 0 Å². The first-order chi connectivity index (χ1) is 8.53. The quantitative estimate of drug-likeness (QED) is 0.768. The summed E-state index contributed by atoms with van der Waals surface area (Å²) in [5, 5.41) is 0.456. The Kier molecular flexibility index (Phi) is 6.00. The Labute approximate surface area is 136 Å². The second-order valence-corrected chi connectivity index (χ2v) is 9.77. The van der Waals surface area contributed by atoms with Gasteiger partial charge in [-0.2, -0.15) is 0 Å². The van der Waals surface area contributed by atoms with E-state index in [0.717, 1.165) is 0 Å². The fraction of sp³-hybridized carbons (Fsp3) is 0.500. The summed E-state index contributed by atoms with van der Waals surface area (Å²) in [6.07, 6.45) is 0. The van der Waals surface area contributed by atoms with Gasteiger partial charge in [-0.25, -0.2) is 8.93 Å². The van der Waals surface area contributed by atoms with Gasteiger partial charge >= 0.3 is 0 Å². The topological polar surface area (TPSA) is 29.1 Å². The molecule has 7 heteroatoms. The lowest BCUT2D eigenvalue weighted by molar-refractivity contribution is 0.603. The third-order valence-corrected chi connectivity index (χ3v) is 4.89. The largest absolute Gasteiger partial charge is 0.242 e. The van der Waals surface area contributed by atoms with E-state index < -0.39 is 25.6 Å². The van der Waals surface area contributed by atoms with E-state index in [2.05, 4.69) is 4.72 Å². The number of rotatable bonds is 3. The van der Waals surface area contributed by atoms with Crippen molar-refractivity contribution in [2.75, 3.05) is 0 Å². The van der Waals surface area contributed by atoms with Crippen LogP contribution in [0.1, 0.15) is 32.4 Å². The van der Waals surface area contributed by atoms with Gasteiger partial charge in [-0.3, -0.25) is 0 Å². The van der Waals surface area contributed by atoms with Gasteiger partial charge in [0, 0.05) is 5.02 Å². The number of nitrogens with one attached hydrogen (secondary N) is 1. The molecule has 1 rings (SSSR count). The maximum Gasteiger partial charge on any atom is 0.210 e. The minimum Gasteiger partial charge on any atom is -0.242 e. The van der Waals surface area contributed by atoms with Crippen LogP contribution in [0, 0.1) is 0 Å². The van der Waals surface area contributed by atoms with Crippen molar-refractivity contribution in [1.29, 1.82) is 0 Å². The van der Waals surface area contributed by atoms with Crippen LogP contribution in [0.2, 0.25) is 5.02 Å². The van der Waals surface area contributed by atoms with Gasteiger partial charge in [0.05, 0.1) is 21.8 Å². The van der Waals surface area contributed by atoms with Gasteiger partial charge in [0.25, 0.3) is 0 Å². The van der Waals surface area contributed by atoms with Crippen LogP contribution in [-0.2, 0) is 11.0 Å². The molecule has 0 aromatic heterocycles. The molecule has 0 saturated carbocycles. The van der Waals surface area contributed by atoms with Crippen molar-refractivity contribution >= 4 is 57.4 Å². The van der Waals surface area contributed by atoms with Crippen molar-refractivity contribution in [2.24, 2.45) is 0 Å². The SMILES string of the molecule is CC(C)(C)[S@@](=O)N[C@@H](c1ccccc1Cl)C(Cl)(Cl)Cl. The predicted molar refractivity (Wildman–Crippen MR) is 85.5 cm³/mol. The monoisotopic (exact) mass is 361 g/mol. The molecule has 0 heterocycles. The summed E-state index contributed by atoms with van der Waals surface area (Å²) in [4.78, 5) is 0. The van der Waals surface area contributed by atoms with Crippen molar-refractivity contribution in [2.45, 2.75) is 35.4 Å². The lowest BCUT2D eigenvalue weighted by Gasteiger charge is -2.29. The van der Waals surface area contributed by atoms with E-state index in [1.807, 2.05) is 20.8 Å². The first-order valence-electron chi connectivity index (χ1n) is 5.52. The molecule has 0 amide bonds. The van der Waals surface area contributed by atoms with E-state index in [1.54, 1.807) is 24.3 Å². The van der Waals surface area contributed by atoms with E-state index in [0.29, 0.717) is 10.6 Å². The van der Waals surface area contributed by atoms with Crippen LogP contribution >= 0.6 is 46.4 Å². The molecule has 2 nitrogen and oxygen atoms in total. The summed E-state index contributed by atoms with van der Waals surface area (Å²) in [7, 11) is -1.38. The zero-order valence-electron chi connectivity index (χ0n) is 10.7. The summed E-state index contributed by atoms with van der Waals surface area (Å²) in [6.45, 7) is 5.49. The first kappa shape index (κ1) is 17.5. The van der Waals surface area contributed by atoms with Crippen LogP contribution < -0.4 is 4.72 Å². The van der Waals surface area contributed by atoms with E-state index in [-0.39, 0.29) is 0 Å². The summed E-state index contributed by atoms with van der Waals surface area (Å²) in [6, 6.07) is 6.24. The summed E-state index contributed by atoms with van der Waals surface area (Å²) in [5.41, 5.74) is 0.599. The minimum absolute atomic E-state index is 0.456. The van der Waals surface area contributed by atoms with E-state index in [4.69, 9.17) is 46.4 Å². The molecule has 1 aromatic carbocycles. The molecule has 0 unspecified atom stereocenters. The summed E-state index contributed by atoms with van der Waals surface area (Å²) < 4.78 is 12.9. The number of hydrogen-bond donors (Lipinski definition) is 1. The highest BCUT2D eigenvalue weighted by atomic mass is 35.6. The summed E-state index contributed by atoms with van der Waals surface area (Å²) in [5.74, 6) is 0. The van der Waals surface area contributed by atoms with Crippen LogP contribution in [0.25, 0.3) is 0 Å². The molecule has 0 saturated heterocycles. The van der Waals surface area contributed by atoms with E-state index in [9.17, 15) is 4.21 Å². The van der Waals surface area contributed by atoms with Crippen molar-refractivity contribution in [3.05, 3.63) is 34.9 Å². The molecule has 0 fully saturated rings. The molecule has 1 N–H and O–H groups in total. The Bertz CT molecular complexity index is 468. The molecule has 0 bridgehead atoms. The summed E-state index contributed by atoms with van der Waals surface area (Å²) >= 11 is 24.0. The Morgan fingerprint density at radius 3 is 2.11 bits per heavy atom. The number of benzene rings is 1. The van der Waals surface area contributed by atoms with Gasteiger partial charge in [-0.1, -0.05) is 64.6 Å². The van der Waals surface area contributed by atoms with Crippen LogP contribution in [-0.4, -0.2) is 12.7 Å². The fourth-order valence-corrected chi connectivity index (χ4v) is 3.13. The predicted octanol–water partition coefficient (Wildman–Crippen LogP) is 4.80.